The number of carbonyl (C=O) groups excluding carboxylic acids is 1. The molecule has 1 saturated heterocycles. The Morgan fingerprint density at radius 1 is 0.902 bits per heavy atom. The lowest BCUT2D eigenvalue weighted by atomic mass is 9.96. The van der Waals surface area contributed by atoms with Crippen molar-refractivity contribution in [3.05, 3.63) is 114 Å². The van der Waals surface area contributed by atoms with Gasteiger partial charge in [0.1, 0.15) is 17.6 Å². The minimum absolute atomic E-state index is 0.0632. The van der Waals surface area contributed by atoms with Gasteiger partial charge in [-0.2, -0.15) is 0 Å². The molecular weight excluding hydrogens is 508 g/mol. The summed E-state index contributed by atoms with van der Waals surface area (Å²) in [6.45, 7) is 8.01. The maximum absolute atomic E-state index is 13.3. The van der Waals surface area contributed by atoms with E-state index in [0.717, 1.165) is 76.6 Å². The maximum Gasteiger partial charge on any atom is 0.167 e. The van der Waals surface area contributed by atoms with Gasteiger partial charge >= 0.3 is 0 Å². The van der Waals surface area contributed by atoms with Crippen LogP contribution in [0.1, 0.15) is 35.7 Å². The van der Waals surface area contributed by atoms with E-state index in [-0.39, 0.29) is 5.78 Å². The first-order valence-corrected chi connectivity index (χ1v) is 14.2. The van der Waals surface area contributed by atoms with Crippen LogP contribution in [-0.2, 0) is 6.42 Å². The molecule has 0 amide bonds. The number of ketones is 1. The summed E-state index contributed by atoms with van der Waals surface area (Å²) in [5.41, 5.74) is 7.52. The second-order valence-corrected chi connectivity index (χ2v) is 10.8. The molecule has 1 aliphatic rings. The van der Waals surface area contributed by atoms with Crippen molar-refractivity contribution in [2.24, 2.45) is 0 Å². The van der Waals surface area contributed by atoms with E-state index in [1.807, 2.05) is 61.5 Å². The Balaban J connectivity index is 1.25. The third-order valence-electron chi connectivity index (χ3n) is 7.53. The van der Waals surface area contributed by atoms with Crippen LogP contribution in [0.2, 0.25) is 0 Å². The van der Waals surface area contributed by atoms with Crippen molar-refractivity contribution in [2.45, 2.75) is 32.3 Å². The van der Waals surface area contributed by atoms with E-state index in [1.54, 1.807) is 7.11 Å². The molecule has 4 aromatic rings. The molecule has 1 fully saturated rings. The standard InChI is InChI=1S/C36H38N2O3/c1-25(2)37-31-7-5-6-29(23-31)34-24-30(14-17-36(34)40-4)35(39)22-26-8-10-27(11-9-26)28-12-15-32(16-13-28)41-33-18-20-38(3)21-19-33/h5-17,23-24,33,37H,1,18-22H2,2-4H3. The predicted molar refractivity (Wildman–Crippen MR) is 168 cm³/mol. The Labute approximate surface area is 243 Å². The van der Waals surface area contributed by atoms with Crippen LogP contribution in [-0.4, -0.2) is 44.0 Å². The number of carbonyl (C=O) groups is 1. The highest BCUT2D eigenvalue weighted by Gasteiger charge is 2.18. The maximum atomic E-state index is 13.3. The number of hydrogen-bond acceptors (Lipinski definition) is 5. The molecule has 0 atom stereocenters. The minimum Gasteiger partial charge on any atom is -0.496 e. The highest BCUT2D eigenvalue weighted by molar-refractivity contribution is 5.99. The van der Waals surface area contributed by atoms with Crippen LogP contribution >= 0.6 is 0 Å². The van der Waals surface area contributed by atoms with Gasteiger partial charge in [-0.05, 0) is 91.5 Å². The van der Waals surface area contributed by atoms with Gasteiger partial charge in [0.2, 0.25) is 0 Å². The molecule has 5 heteroatoms. The number of rotatable bonds is 10. The molecule has 0 aliphatic carbocycles. The van der Waals surface area contributed by atoms with Crippen molar-refractivity contribution < 1.29 is 14.3 Å². The molecule has 5 rings (SSSR count). The van der Waals surface area contributed by atoms with Crippen LogP contribution in [0, 0.1) is 0 Å². The number of ether oxygens (including phenoxy) is 2. The number of likely N-dealkylation sites (tertiary alicyclic amines) is 1. The Morgan fingerprint density at radius 3 is 2.24 bits per heavy atom. The average Bonchev–Trinajstić information content (AvgIpc) is 2.98. The number of Topliss-reactive ketones (excluding diaryl/α,β-unsaturated/α-hetero) is 1. The van der Waals surface area contributed by atoms with E-state index in [0.29, 0.717) is 18.1 Å². The Kier molecular flexibility index (Phi) is 8.85. The zero-order valence-electron chi connectivity index (χ0n) is 24.2. The van der Waals surface area contributed by atoms with Crippen molar-refractivity contribution in [1.29, 1.82) is 0 Å². The monoisotopic (exact) mass is 546 g/mol. The zero-order valence-corrected chi connectivity index (χ0v) is 24.2. The van der Waals surface area contributed by atoms with E-state index in [1.165, 1.54) is 0 Å². The fraction of sp³-hybridized carbons (Fsp3) is 0.250. The molecule has 41 heavy (non-hydrogen) atoms. The van der Waals surface area contributed by atoms with Crippen molar-refractivity contribution in [3.63, 3.8) is 0 Å². The number of nitrogens with one attached hydrogen (secondary N) is 1. The van der Waals surface area contributed by atoms with Crippen LogP contribution < -0.4 is 14.8 Å². The van der Waals surface area contributed by atoms with Gasteiger partial charge in [0.15, 0.2) is 5.78 Å². The summed E-state index contributed by atoms with van der Waals surface area (Å²) >= 11 is 0. The van der Waals surface area contributed by atoms with Gasteiger partial charge in [-0.1, -0.05) is 55.1 Å². The number of benzene rings is 4. The van der Waals surface area contributed by atoms with Gasteiger partial charge in [-0.15, -0.1) is 0 Å². The smallest absolute Gasteiger partial charge is 0.167 e. The number of methoxy groups -OCH3 is 1. The third-order valence-corrected chi connectivity index (χ3v) is 7.53. The average molecular weight is 547 g/mol. The summed E-state index contributed by atoms with van der Waals surface area (Å²) in [5, 5.41) is 3.25. The molecule has 0 radical (unpaired) electrons. The lowest BCUT2D eigenvalue weighted by Gasteiger charge is -2.29. The van der Waals surface area contributed by atoms with Crippen LogP contribution in [0.4, 0.5) is 5.69 Å². The second-order valence-electron chi connectivity index (χ2n) is 10.8. The fourth-order valence-corrected chi connectivity index (χ4v) is 5.24. The summed E-state index contributed by atoms with van der Waals surface area (Å²) in [5.74, 6) is 1.71. The first kappa shape index (κ1) is 28.2. The minimum atomic E-state index is 0.0632. The quantitative estimate of drug-likeness (QED) is 0.205. The molecule has 0 unspecified atom stereocenters. The lowest BCUT2D eigenvalue weighted by molar-refractivity contribution is 0.0993. The summed E-state index contributed by atoms with van der Waals surface area (Å²) in [4.78, 5) is 15.6. The van der Waals surface area contributed by atoms with Gasteiger partial charge < -0.3 is 19.7 Å². The van der Waals surface area contributed by atoms with Gasteiger partial charge in [0, 0.05) is 42.0 Å². The van der Waals surface area contributed by atoms with Crippen molar-refractivity contribution in [3.8, 4) is 33.8 Å². The Hall–Kier alpha value is -4.35. The number of hydrogen-bond donors (Lipinski definition) is 1. The van der Waals surface area contributed by atoms with Crippen LogP contribution in [0.5, 0.6) is 11.5 Å². The molecule has 5 nitrogen and oxygen atoms in total. The summed E-state index contributed by atoms with van der Waals surface area (Å²) < 4.78 is 11.8. The zero-order chi connectivity index (χ0) is 28.8. The molecule has 0 aromatic heterocycles. The van der Waals surface area contributed by atoms with Crippen LogP contribution in [0.25, 0.3) is 22.3 Å². The number of piperidine rings is 1. The van der Waals surface area contributed by atoms with E-state index in [2.05, 4.69) is 60.2 Å². The first-order valence-electron chi connectivity index (χ1n) is 14.2. The molecule has 210 valence electrons. The number of allylic oxidation sites excluding steroid dienone is 1. The molecule has 0 spiro atoms. The third kappa shape index (κ3) is 7.24. The van der Waals surface area contributed by atoms with E-state index in [4.69, 9.17) is 9.47 Å². The molecule has 1 heterocycles. The topological polar surface area (TPSA) is 50.8 Å². The van der Waals surface area contributed by atoms with Crippen molar-refractivity contribution in [1.82, 2.24) is 4.90 Å². The molecule has 4 aromatic carbocycles. The lowest BCUT2D eigenvalue weighted by Crippen LogP contribution is -2.35. The van der Waals surface area contributed by atoms with E-state index >= 15 is 0 Å². The predicted octanol–water partition coefficient (Wildman–Crippen LogP) is 7.87. The highest BCUT2D eigenvalue weighted by atomic mass is 16.5. The molecule has 0 bridgehead atoms. The second kappa shape index (κ2) is 12.9. The highest BCUT2D eigenvalue weighted by Crippen LogP contribution is 2.33. The van der Waals surface area contributed by atoms with E-state index < -0.39 is 0 Å². The molecule has 0 saturated carbocycles. The summed E-state index contributed by atoms with van der Waals surface area (Å²) in [6, 6.07) is 30.2. The van der Waals surface area contributed by atoms with Crippen molar-refractivity contribution in [2.75, 3.05) is 32.6 Å². The number of nitrogens with zero attached hydrogens (tertiary/aromatic N) is 1. The summed E-state index contributed by atoms with van der Waals surface area (Å²) in [6.07, 6.45) is 2.75. The van der Waals surface area contributed by atoms with E-state index in [9.17, 15) is 4.79 Å². The molecule has 1 N–H and O–H groups in total. The molecule has 1 aliphatic heterocycles. The first-order chi connectivity index (χ1) is 19.9. The SMILES string of the molecule is C=C(C)Nc1cccc(-c2cc(C(=O)Cc3ccc(-c4ccc(OC5CCN(C)CC5)cc4)cc3)ccc2OC)c1. The van der Waals surface area contributed by atoms with Gasteiger partial charge in [-0.25, -0.2) is 0 Å². The number of anilines is 1. The van der Waals surface area contributed by atoms with Gasteiger partial charge in [0.25, 0.3) is 0 Å². The van der Waals surface area contributed by atoms with Crippen molar-refractivity contribution >= 4 is 11.5 Å². The normalized spacial score (nSPS) is 13.9. The van der Waals surface area contributed by atoms with Crippen LogP contribution in [0.15, 0.2) is 103 Å². The Bertz CT molecular complexity index is 1500. The molecular formula is C36H38N2O3. The summed E-state index contributed by atoms with van der Waals surface area (Å²) in [7, 11) is 3.81. The van der Waals surface area contributed by atoms with Crippen LogP contribution in [0.3, 0.4) is 0 Å². The van der Waals surface area contributed by atoms with Gasteiger partial charge in [-0.3, -0.25) is 4.79 Å². The Morgan fingerprint density at radius 2 is 1.59 bits per heavy atom. The van der Waals surface area contributed by atoms with Gasteiger partial charge in [0.05, 0.1) is 7.11 Å². The fourth-order valence-electron chi connectivity index (χ4n) is 5.24. The largest absolute Gasteiger partial charge is 0.496 e.